The van der Waals surface area contributed by atoms with Crippen LogP contribution in [0.25, 0.3) is 10.9 Å². The van der Waals surface area contributed by atoms with E-state index in [0.29, 0.717) is 33.0 Å². The molecule has 2 aromatic carbocycles. The maximum absolute atomic E-state index is 13.6. The molecule has 0 aliphatic carbocycles. The van der Waals surface area contributed by atoms with Crippen molar-refractivity contribution in [1.82, 2.24) is 4.98 Å². The lowest BCUT2D eigenvalue weighted by molar-refractivity contribution is -0.114. The van der Waals surface area contributed by atoms with Gasteiger partial charge in [0, 0.05) is 29.4 Å². The monoisotopic (exact) mass is 343 g/mol. The highest BCUT2D eigenvalue weighted by Crippen LogP contribution is 2.32. The Balaban J connectivity index is 2.06. The van der Waals surface area contributed by atoms with Gasteiger partial charge in [-0.25, -0.2) is 4.39 Å². The van der Waals surface area contributed by atoms with E-state index in [-0.39, 0.29) is 11.7 Å². The number of nitrogens with one attached hydrogen (secondary N) is 2. The van der Waals surface area contributed by atoms with E-state index in [1.54, 1.807) is 24.3 Å². The molecule has 0 unspecified atom stereocenters. The molecule has 0 atom stereocenters. The molecule has 0 bridgehead atoms. The molecule has 0 spiro atoms. The van der Waals surface area contributed by atoms with E-state index >= 15 is 0 Å². The summed E-state index contributed by atoms with van der Waals surface area (Å²) in [4.78, 5) is 15.6. The normalized spacial score (nSPS) is 10.7. The Morgan fingerprint density at radius 1 is 1.12 bits per heavy atom. The highest BCUT2D eigenvalue weighted by molar-refractivity contribution is 6.33. The number of carbonyl (C=O) groups excluding carboxylic acids is 1. The van der Waals surface area contributed by atoms with Gasteiger partial charge in [0.1, 0.15) is 5.82 Å². The van der Waals surface area contributed by atoms with Crippen molar-refractivity contribution in [3.05, 3.63) is 59.0 Å². The topological polar surface area (TPSA) is 54.0 Å². The summed E-state index contributed by atoms with van der Waals surface area (Å²) in [5, 5.41) is 7.06. The quantitative estimate of drug-likeness (QED) is 0.700. The van der Waals surface area contributed by atoms with E-state index in [1.165, 1.54) is 19.1 Å². The molecule has 4 nitrogen and oxygen atoms in total. The third-order valence-electron chi connectivity index (χ3n) is 3.45. The van der Waals surface area contributed by atoms with Crippen LogP contribution in [-0.4, -0.2) is 10.9 Å². The minimum Gasteiger partial charge on any atom is -0.354 e. The third-order valence-corrected chi connectivity index (χ3v) is 3.78. The second-order valence-corrected chi connectivity index (χ2v) is 5.88. The van der Waals surface area contributed by atoms with Gasteiger partial charge in [-0.2, -0.15) is 0 Å². The number of anilines is 3. The molecule has 3 rings (SSSR count). The molecule has 0 radical (unpaired) electrons. The van der Waals surface area contributed by atoms with Crippen molar-refractivity contribution in [3.8, 4) is 0 Å². The molecular formula is C18H15ClFN3O. The van der Waals surface area contributed by atoms with Crippen LogP contribution in [-0.2, 0) is 4.79 Å². The predicted octanol–water partition coefficient (Wildman–Crippen LogP) is 5.04. The van der Waals surface area contributed by atoms with Crippen LogP contribution in [0, 0.1) is 12.7 Å². The SMILES string of the molecule is CC(=O)Nc1ccc(Cl)c(Nc2cc(C)nc3ccc(F)cc23)c1. The summed E-state index contributed by atoms with van der Waals surface area (Å²) in [7, 11) is 0. The first-order chi connectivity index (χ1) is 11.4. The largest absolute Gasteiger partial charge is 0.354 e. The number of aromatic nitrogens is 1. The first-order valence-electron chi connectivity index (χ1n) is 7.33. The van der Waals surface area contributed by atoms with Crippen LogP contribution >= 0.6 is 11.6 Å². The number of rotatable bonds is 3. The summed E-state index contributed by atoms with van der Waals surface area (Å²) in [6, 6.07) is 11.4. The minimum absolute atomic E-state index is 0.171. The summed E-state index contributed by atoms with van der Waals surface area (Å²) in [6.45, 7) is 3.30. The summed E-state index contributed by atoms with van der Waals surface area (Å²) in [5.74, 6) is -0.509. The smallest absolute Gasteiger partial charge is 0.221 e. The maximum atomic E-state index is 13.6. The van der Waals surface area contributed by atoms with Crippen LogP contribution in [0.2, 0.25) is 5.02 Å². The predicted molar refractivity (Wildman–Crippen MR) is 95.5 cm³/mol. The van der Waals surface area contributed by atoms with Crippen molar-refractivity contribution < 1.29 is 9.18 Å². The number of hydrogen-bond acceptors (Lipinski definition) is 3. The second kappa shape index (κ2) is 6.45. The van der Waals surface area contributed by atoms with Gasteiger partial charge in [0.15, 0.2) is 0 Å². The summed E-state index contributed by atoms with van der Waals surface area (Å²) < 4.78 is 13.6. The molecule has 122 valence electrons. The summed E-state index contributed by atoms with van der Waals surface area (Å²) in [6.07, 6.45) is 0. The van der Waals surface area contributed by atoms with Crippen molar-refractivity contribution in [1.29, 1.82) is 0 Å². The third kappa shape index (κ3) is 3.46. The van der Waals surface area contributed by atoms with Gasteiger partial charge in [-0.3, -0.25) is 9.78 Å². The average Bonchev–Trinajstić information content (AvgIpc) is 2.50. The molecule has 0 aliphatic heterocycles. The Kier molecular flexibility index (Phi) is 4.36. The number of hydrogen-bond donors (Lipinski definition) is 2. The number of benzene rings is 2. The van der Waals surface area contributed by atoms with Crippen molar-refractivity contribution in [2.45, 2.75) is 13.8 Å². The van der Waals surface area contributed by atoms with Gasteiger partial charge in [0.25, 0.3) is 0 Å². The zero-order valence-corrected chi connectivity index (χ0v) is 13.9. The van der Waals surface area contributed by atoms with Crippen LogP contribution < -0.4 is 10.6 Å². The Bertz CT molecular complexity index is 943. The number of amides is 1. The first kappa shape index (κ1) is 16.2. The van der Waals surface area contributed by atoms with Crippen molar-refractivity contribution in [2.24, 2.45) is 0 Å². The number of carbonyl (C=O) groups is 1. The number of fused-ring (bicyclic) bond motifs is 1. The fourth-order valence-electron chi connectivity index (χ4n) is 2.48. The van der Waals surface area contributed by atoms with Crippen LogP contribution in [0.15, 0.2) is 42.5 Å². The van der Waals surface area contributed by atoms with Gasteiger partial charge in [-0.05, 0) is 49.4 Å². The molecule has 0 saturated heterocycles. The van der Waals surface area contributed by atoms with Crippen LogP contribution in [0.5, 0.6) is 0 Å². The molecule has 0 fully saturated rings. The standard InChI is InChI=1S/C18H15ClFN3O/c1-10-7-17(14-8-12(20)3-6-16(14)21-10)23-18-9-13(22-11(2)24)4-5-15(18)19/h3-9H,1-2H3,(H,21,23)(H,22,24). The molecule has 6 heteroatoms. The second-order valence-electron chi connectivity index (χ2n) is 5.47. The highest BCUT2D eigenvalue weighted by atomic mass is 35.5. The summed E-state index contributed by atoms with van der Waals surface area (Å²) in [5.41, 5.74) is 3.41. The lowest BCUT2D eigenvalue weighted by Gasteiger charge is -2.13. The summed E-state index contributed by atoms with van der Waals surface area (Å²) >= 11 is 6.24. The van der Waals surface area contributed by atoms with Gasteiger partial charge in [-0.1, -0.05) is 11.6 Å². The average molecular weight is 344 g/mol. The van der Waals surface area contributed by atoms with Gasteiger partial charge in [0.2, 0.25) is 5.91 Å². The minimum atomic E-state index is -0.339. The van der Waals surface area contributed by atoms with Gasteiger partial charge in [0.05, 0.1) is 16.2 Å². The molecule has 1 heterocycles. The Morgan fingerprint density at radius 3 is 2.67 bits per heavy atom. The lowest BCUT2D eigenvalue weighted by atomic mass is 10.1. The number of nitrogens with zero attached hydrogens (tertiary/aromatic N) is 1. The highest BCUT2D eigenvalue weighted by Gasteiger charge is 2.09. The Labute approximate surface area is 143 Å². The molecule has 0 saturated carbocycles. The molecule has 2 N–H and O–H groups in total. The number of halogens is 2. The van der Waals surface area contributed by atoms with Crippen LogP contribution in [0.1, 0.15) is 12.6 Å². The van der Waals surface area contributed by atoms with Crippen molar-refractivity contribution in [3.63, 3.8) is 0 Å². The zero-order chi connectivity index (χ0) is 17.3. The van der Waals surface area contributed by atoms with E-state index in [2.05, 4.69) is 15.6 Å². The molecule has 0 aliphatic rings. The molecule has 1 aromatic heterocycles. The van der Waals surface area contributed by atoms with Gasteiger partial charge >= 0.3 is 0 Å². The molecule has 1 amide bonds. The van der Waals surface area contributed by atoms with Crippen molar-refractivity contribution in [2.75, 3.05) is 10.6 Å². The van der Waals surface area contributed by atoms with Gasteiger partial charge in [-0.15, -0.1) is 0 Å². The molecule has 3 aromatic rings. The number of aryl methyl sites for hydroxylation is 1. The van der Waals surface area contributed by atoms with E-state index < -0.39 is 0 Å². The zero-order valence-electron chi connectivity index (χ0n) is 13.2. The van der Waals surface area contributed by atoms with Crippen molar-refractivity contribution >= 4 is 45.5 Å². The van der Waals surface area contributed by atoms with Crippen LogP contribution in [0.4, 0.5) is 21.5 Å². The van der Waals surface area contributed by atoms with Gasteiger partial charge < -0.3 is 10.6 Å². The lowest BCUT2D eigenvalue weighted by Crippen LogP contribution is -2.06. The Morgan fingerprint density at radius 2 is 1.92 bits per heavy atom. The van der Waals surface area contributed by atoms with Crippen LogP contribution in [0.3, 0.4) is 0 Å². The van der Waals surface area contributed by atoms with E-state index in [0.717, 1.165) is 5.69 Å². The number of pyridine rings is 1. The molecule has 24 heavy (non-hydrogen) atoms. The first-order valence-corrected chi connectivity index (χ1v) is 7.71. The maximum Gasteiger partial charge on any atom is 0.221 e. The van der Waals surface area contributed by atoms with E-state index in [9.17, 15) is 9.18 Å². The molecular weight excluding hydrogens is 329 g/mol. The van der Waals surface area contributed by atoms with E-state index in [1.807, 2.05) is 13.0 Å². The Hall–Kier alpha value is -2.66. The fraction of sp³-hybridized carbons (Fsp3) is 0.111. The fourth-order valence-corrected chi connectivity index (χ4v) is 2.65. The van der Waals surface area contributed by atoms with E-state index in [4.69, 9.17) is 11.6 Å².